The van der Waals surface area contributed by atoms with E-state index in [4.69, 9.17) is 0 Å². The Bertz CT molecular complexity index is 589. The first-order valence-electron chi connectivity index (χ1n) is 8.67. The van der Waals surface area contributed by atoms with Gasteiger partial charge in [0.2, 0.25) is 0 Å². The van der Waals surface area contributed by atoms with Crippen LogP contribution < -0.4 is 0 Å². The van der Waals surface area contributed by atoms with E-state index in [0.29, 0.717) is 18.6 Å². The highest BCUT2D eigenvalue weighted by atomic mass is 16.3. The van der Waals surface area contributed by atoms with E-state index >= 15 is 0 Å². The Kier molecular flexibility index (Phi) is 3.03. The van der Waals surface area contributed by atoms with Crippen LogP contribution in [-0.4, -0.2) is 28.2 Å². The lowest BCUT2D eigenvalue weighted by Gasteiger charge is -2.53. The molecule has 0 spiro atoms. The van der Waals surface area contributed by atoms with E-state index in [1.165, 1.54) is 11.1 Å². The zero-order valence-corrected chi connectivity index (χ0v) is 13.5. The molecule has 0 aromatic rings. The van der Waals surface area contributed by atoms with Gasteiger partial charge in [-0.05, 0) is 38.0 Å². The molecule has 3 heteroatoms. The molecular formula is C19H26O3. The Balaban J connectivity index is 1.80. The Morgan fingerprint density at radius 3 is 2.77 bits per heavy atom. The highest BCUT2D eigenvalue weighted by Gasteiger charge is 2.57. The molecule has 2 N–H and O–H groups in total. The normalized spacial score (nSPS) is 50.6. The fourth-order valence-corrected chi connectivity index (χ4v) is 5.72. The lowest BCUT2D eigenvalue weighted by Crippen LogP contribution is -2.49. The van der Waals surface area contributed by atoms with E-state index in [9.17, 15) is 15.0 Å². The van der Waals surface area contributed by atoms with E-state index in [2.05, 4.69) is 19.9 Å². The fourth-order valence-electron chi connectivity index (χ4n) is 5.72. The van der Waals surface area contributed by atoms with Crippen molar-refractivity contribution in [3.63, 3.8) is 0 Å². The average Bonchev–Trinajstić information content (AvgIpc) is 2.77. The predicted molar refractivity (Wildman–Crippen MR) is 84.1 cm³/mol. The Morgan fingerprint density at radius 1 is 1.23 bits per heavy atom. The van der Waals surface area contributed by atoms with Crippen LogP contribution in [0, 0.1) is 22.7 Å². The maximum atomic E-state index is 12.4. The number of allylic oxidation sites excluding steroid dienone is 1. The Hall–Kier alpha value is -0.930. The molecule has 2 fully saturated rings. The number of aliphatic hydroxyl groups is 2. The minimum Gasteiger partial charge on any atom is -0.393 e. The molecule has 0 bridgehead atoms. The maximum Gasteiger partial charge on any atom is 0.139 e. The molecule has 3 nitrogen and oxygen atoms in total. The topological polar surface area (TPSA) is 57.5 Å². The second kappa shape index (κ2) is 4.55. The molecule has 4 rings (SSSR count). The quantitative estimate of drug-likeness (QED) is 0.677. The van der Waals surface area contributed by atoms with Crippen LogP contribution in [-0.2, 0) is 4.79 Å². The van der Waals surface area contributed by atoms with Gasteiger partial charge in [-0.1, -0.05) is 37.1 Å². The fraction of sp³-hybridized carbons (Fsp3) is 0.737. The van der Waals surface area contributed by atoms with Crippen LogP contribution in [0.3, 0.4) is 0 Å². The van der Waals surface area contributed by atoms with E-state index in [1.54, 1.807) is 0 Å². The summed E-state index contributed by atoms with van der Waals surface area (Å²) < 4.78 is 0. The monoisotopic (exact) mass is 302 g/mol. The van der Waals surface area contributed by atoms with Crippen LogP contribution in [0.4, 0.5) is 0 Å². The molecule has 0 saturated heterocycles. The number of ketones is 1. The summed E-state index contributed by atoms with van der Waals surface area (Å²) in [5.41, 5.74) is 2.26. The van der Waals surface area contributed by atoms with E-state index in [-0.39, 0.29) is 28.8 Å². The summed E-state index contributed by atoms with van der Waals surface area (Å²) >= 11 is 0. The molecule has 0 amide bonds. The summed E-state index contributed by atoms with van der Waals surface area (Å²) in [5, 5.41) is 20.8. The molecule has 6 atom stereocenters. The number of aliphatic hydroxyl groups excluding tert-OH is 2. The van der Waals surface area contributed by atoms with E-state index in [1.807, 2.05) is 6.08 Å². The first-order valence-corrected chi connectivity index (χ1v) is 8.67. The smallest absolute Gasteiger partial charge is 0.139 e. The summed E-state index contributed by atoms with van der Waals surface area (Å²) in [6.07, 6.45) is 8.34. The van der Waals surface area contributed by atoms with Crippen molar-refractivity contribution < 1.29 is 15.0 Å². The van der Waals surface area contributed by atoms with Crippen molar-refractivity contribution in [3.8, 4) is 0 Å². The summed E-state index contributed by atoms with van der Waals surface area (Å²) in [5.74, 6) is 0.740. The third-order valence-corrected chi connectivity index (χ3v) is 7.20. The van der Waals surface area contributed by atoms with Gasteiger partial charge in [-0.15, -0.1) is 0 Å². The average molecular weight is 302 g/mol. The largest absolute Gasteiger partial charge is 0.393 e. The van der Waals surface area contributed by atoms with Gasteiger partial charge in [0.25, 0.3) is 0 Å². The summed E-state index contributed by atoms with van der Waals surface area (Å²) in [7, 11) is 0. The molecule has 4 aliphatic rings. The molecule has 0 radical (unpaired) electrons. The summed E-state index contributed by atoms with van der Waals surface area (Å²) in [6, 6.07) is 0. The second-order valence-corrected chi connectivity index (χ2v) is 8.29. The number of fused-ring (bicyclic) bond motifs is 5. The van der Waals surface area contributed by atoms with Crippen molar-refractivity contribution in [3.05, 3.63) is 23.3 Å². The van der Waals surface area contributed by atoms with Crippen molar-refractivity contribution in [1.82, 2.24) is 0 Å². The number of carbonyl (C=O) groups is 1. The van der Waals surface area contributed by atoms with Gasteiger partial charge in [-0.3, -0.25) is 4.79 Å². The van der Waals surface area contributed by atoms with Gasteiger partial charge in [0.15, 0.2) is 0 Å². The Labute approximate surface area is 132 Å². The number of rotatable bonds is 0. The van der Waals surface area contributed by atoms with Crippen molar-refractivity contribution >= 4 is 5.78 Å². The van der Waals surface area contributed by atoms with Crippen molar-refractivity contribution in [2.75, 3.05) is 0 Å². The standard InChI is InChI=1S/C19H26O3/c1-18-7-5-12(20)9-11(18)10-15(21)17-13-3-4-16(22)19(13,2)8-6-14(17)18/h6,10,12-13,15,17,20-21H,3-5,7-9H2,1-2H3/t12?,13?,15-,17-,18-,19-/m0/s1. The van der Waals surface area contributed by atoms with Gasteiger partial charge in [-0.2, -0.15) is 0 Å². The van der Waals surface area contributed by atoms with Crippen LogP contribution >= 0.6 is 0 Å². The second-order valence-electron chi connectivity index (χ2n) is 8.29. The molecule has 22 heavy (non-hydrogen) atoms. The third-order valence-electron chi connectivity index (χ3n) is 7.20. The van der Waals surface area contributed by atoms with Gasteiger partial charge in [-0.25, -0.2) is 0 Å². The summed E-state index contributed by atoms with van der Waals surface area (Å²) in [4.78, 5) is 12.4. The van der Waals surface area contributed by atoms with Gasteiger partial charge < -0.3 is 10.2 Å². The minimum atomic E-state index is -0.504. The van der Waals surface area contributed by atoms with Crippen LogP contribution in [0.5, 0.6) is 0 Å². The SMILES string of the molecule is C[C@]12CCC(O)CC1=C[C@H](O)[C@@H]1C2=CC[C@]2(C)C(=O)CCC12. The molecule has 0 aromatic heterocycles. The van der Waals surface area contributed by atoms with Crippen LogP contribution in [0.2, 0.25) is 0 Å². The molecule has 0 heterocycles. The first-order chi connectivity index (χ1) is 10.4. The van der Waals surface area contributed by atoms with E-state index in [0.717, 1.165) is 25.7 Å². The molecule has 120 valence electrons. The van der Waals surface area contributed by atoms with Gasteiger partial charge in [0, 0.05) is 23.2 Å². The number of Topliss-reactive ketones (excluding diaryl/α,β-unsaturated/α-hetero) is 1. The molecule has 2 unspecified atom stereocenters. The lowest BCUT2D eigenvalue weighted by molar-refractivity contribution is -0.127. The number of hydrogen-bond acceptors (Lipinski definition) is 3. The molecule has 0 aliphatic heterocycles. The van der Waals surface area contributed by atoms with Crippen molar-refractivity contribution in [2.45, 2.75) is 64.6 Å². The maximum absolute atomic E-state index is 12.4. The van der Waals surface area contributed by atoms with Crippen molar-refractivity contribution in [1.29, 1.82) is 0 Å². The highest BCUT2D eigenvalue weighted by molar-refractivity contribution is 5.87. The lowest BCUT2D eigenvalue weighted by atomic mass is 9.52. The number of carbonyl (C=O) groups excluding carboxylic acids is 1. The highest BCUT2D eigenvalue weighted by Crippen LogP contribution is 2.61. The predicted octanol–water partition coefficient (Wildman–Crippen LogP) is 2.77. The Morgan fingerprint density at radius 2 is 2.00 bits per heavy atom. The van der Waals surface area contributed by atoms with Crippen LogP contribution in [0.1, 0.15) is 52.4 Å². The van der Waals surface area contributed by atoms with E-state index < -0.39 is 6.10 Å². The first kappa shape index (κ1) is 14.6. The molecule has 2 saturated carbocycles. The molecule has 0 aromatic carbocycles. The van der Waals surface area contributed by atoms with Crippen LogP contribution in [0.25, 0.3) is 0 Å². The zero-order chi connectivity index (χ0) is 15.7. The number of hydrogen-bond donors (Lipinski definition) is 2. The zero-order valence-electron chi connectivity index (χ0n) is 13.5. The summed E-state index contributed by atoms with van der Waals surface area (Å²) in [6.45, 7) is 4.37. The molecule has 4 aliphatic carbocycles. The van der Waals surface area contributed by atoms with Gasteiger partial charge >= 0.3 is 0 Å². The third kappa shape index (κ3) is 1.73. The van der Waals surface area contributed by atoms with Crippen molar-refractivity contribution in [2.24, 2.45) is 22.7 Å². The van der Waals surface area contributed by atoms with Gasteiger partial charge in [0.1, 0.15) is 5.78 Å². The minimum absolute atomic E-state index is 0.0178. The molecular weight excluding hydrogens is 276 g/mol. The van der Waals surface area contributed by atoms with Crippen LogP contribution in [0.15, 0.2) is 23.3 Å². The van der Waals surface area contributed by atoms with Gasteiger partial charge in [0.05, 0.1) is 12.2 Å².